The van der Waals surface area contributed by atoms with Crippen molar-refractivity contribution in [3.05, 3.63) is 82.5 Å². The number of alkyl halides is 3. The molecule has 2 aromatic rings. The van der Waals surface area contributed by atoms with Gasteiger partial charge in [0.25, 0.3) is 0 Å². The minimum Gasteiger partial charge on any atom is -0.296 e. The van der Waals surface area contributed by atoms with Crippen molar-refractivity contribution in [2.45, 2.75) is 49.6 Å². The van der Waals surface area contributed by atoms with Gasteiger partial charge < -0.3 is 0 Å². The Hall–Kier alpha value is -2.33. The van der Waals surface area contributed by atoms with Crippen LogP contribution in [0.3, 0.4) is 0 Å². The monoisotopic (exact) mass is 481 g/mol. The molecule has 2 aromatic carbocycles. The molecule has 33 heavy (non-hydrogen) atoms. The number of rotatable bonds is 6. The topological polar surface area (TPSA) is 52.4 Å². The number of benzene rings is 2. The number of nitrogens with zero attached hydrogens (tertiary/aromatic N) is 1. The van der Waals surface area contributed by atoms with E-state index < -0.39 is 22.5 Å². The summed E-state index contributed by atoms with van der Waals surface area (Å²) in [6.07, 6.45) is -3.77. The van der Waals surface area contributed by atoms with Gasteiger partial charge in [0.05, 0.1) is 28.9 Å². The van der Waals surface area contributed by atoms with E-state index >= 15 is 0 Å². The van der Waals surface area contributed by atoms with Crippen LogP contribution in [0.5, 0.6) is 0 Å². The van der Waals surface area contributed by atoms with Crippen molar-refractivity contribution in [3.63, 3.8) is 0 Å². The van der Waals surface area contributed by atoms with Crippen LogP contribution in [0.4, 0.5) is 17.6 Å². The van der Waals surface area contributed by atoms with Gasteiger partial charge in [-0.25, -0.2) is 4.39 Å². The largest absolute Gasteiger partial charge is 0.416 e. The number of hydrogen-bond donors (Lipinski definition) is 2. The first-order chi connectivity index (χ1) is 15.6. The van der Waals surface area contributed by atoms with Crippen LogP contribution >= 0.6 is 10.8 Å². The second-order valence-corrected chi connectivity index (χ2v) is 11.0. The fourth-order valence-corrected chi connectivity index (χ4v) is 5.90. The first kappa shape index (κ1) is 22.5. The molecule has 2 heterocycles. The highest BCUT2D eigenvalue weighted by Crippen LogP contribution is 2.75. The third-order valence-corrected chi connectivity index (χ3v) is 7.99. The first-order valence-corrected chi connectivity index (χ1v) is 11.9. The molecule has 0 bridgehead atoms. The Balaban J connectivity index is 1.46. The van der Waals surface area contributed by atoms with Crippen LogP contribution in [-0.4, -0.2) is 22.6 Å². The summed E-state index contributed by atoms with van der Waals surface area (Å²) in [6.45, 7) is 5.31. The summed E-state index contributed by atoms with van der Waals surface area (Å²) >= 11 is 0. The van der Waals surface area contributed by atoms with Gasteiger partial charge in [-0.1, -0.05) is 26.5 Å². The minimum absolute atomic E-state index is 0.00878. The first-order valence-electron chi connectivity index (χ1n) is 10.5. The van der Waals surface area contributed by atoms with E-state index in [0.29, 0.717) is 16.9 Å². The molecule has 2 fully saturated rings. The van der Waals surface area contributed by atoms with Crippen molar-refractivity contribution in [1.29, 1.82) is 0 Å². The van der Waals surface area contributed by atoms with Gasteiger partial charge in [0.1, 0.15) is 5.82 Å². The predicted octanol–water partition coefficient (Wildman–Crippen LogP) is 5.33. The fraction of sp³-hybridized carbons (Fsp3) is 0.348. The van der Waals surface area contributed by atoms with E-state index in [-0.39, 0.29) is 24.1 Å². The molecule has 0 spiro atoms. The zero-order valence-electron chi connectivity index (χ0n) is 18.0. The standard InChI is InChI=1S/C23H23F4N3O2S/c1-22(2)14-28-21(29-22)16-11-19(12-16)30(13-15-3-5-17(6-4-15)23(25,26)27)33(31-32-33)20-9-7-18(24)8-10-20/h3-10,21,28-29H,11,13-14H2,1-2H3. The average molecular weight is 482 g/mol. The minimum atomic E-state index is -4.40. The van der Waals surface area contributed by atoms with E-state index in [4.69, 9.17) is 8.67 Å². The van der Waals surface area contributed by atoms with Gasteiger partial charge >= 0.3 is 6.18 Å². The Morgan fingerprint density at radius 3 is 2.24 bits per heavy atom. The van der Waals surface area contributed by atoms with Crippen LogP contribution in [-0.2, 0) is 21.4 Å². The molecule has 1 unspecified atom stereocenters. The van der Waals surface area contributed by atoms with Gasteiger partial charge in [-0.2, -0.15) is 13.2 Å². The van der Waals surface area contributed by atoms with Crippen LogP contribution in [0.1, 0.15) is 31.4 Å². The molecule has 2 aliphatic heterocycles. The highest BCUT2D eigenvalue weighted by Gasteiger charge is 2.50. The normalized spacial score (nSPS) is 23.9. The predicted molar refractivity (Wildman–Crippen MR) is 116 cm³/mol. The lowest BCUT2D eigenvalue weighted by molar-refractivity contribution is -0.137. The van der Waals surface area contributed by atoms with Crippen LogP contribution in [0.15, 0.2) is 70.4 Å². The maximum Gasteiger partial charge on any atom is 0.416 e. The Morgan fingerprint density at radius 2 is 1.73 bits per heavy atom. The lowest BCUT2D eigenvalue weighted by Crippen LogP contribution is -2.41. The quantitative estimate of drug-likeness (QED) is 0.253. The van der Waals surface area contributed by atoms with E-state index in [1.165, 1.54) is 24.3 Å². The maximum absolute atomic E-state index is 13.5. The van der Waals surface area contributed by atoms with Crippen LogP contribution < -0.4 is 10.6 Å². The third kappa shape index (κ3) is 4.42. The number of hydrogen-bond acceptors (Lipinski definition) is 5. The lowest BCUT2D eigenvalue weighted by atomic mass is 9.99. The molecule has 5 nitrogen and oxygen atoms in total. The Kier molecular flexibility index (Phi) is 5.36. The van der Waals surface area contributed by atoms with E-state index in [9.17, 15) is 17.6 Å². The van der Waals surface area contributed by atoms with Crippen LogP contribution in [0, 0.1) is 5.82 Å². The second-order valence-electron chi connectivity index (χ2n) is 8.91. The molecular formula is C23H23F4N3O2S. The number of halogens is 4. The second kappa shape index (κ2) is 7.87. The molecule has 2 N–H and O–H groups in total. The SMILES string of the molecule is CC1(C)CNC(C2=C=C(N(Cc3ccc(C(F)(F)F)cc3)S3(c4ccc(F)cc4)OO3)C2)N1. The highest BCUT2D eigenvalue weighted by molar-refractivity contribution is 8.27. The van der Waals surface area contributed by atoms with Gasteiger partial charge in [-0.3, -0.25) is 14.9 Å². The lowest BCUT2D eigenvalue weighted by Gasteiger charge is -2.37. The molecule has 0 saturated carbocycles. The molecule has 1 aliphatic carbocycles. The van der Waals surface area contributed by atoms with Crippen molar-refractivity contribution in [1.82, 2.24) is 14.9 Å². The molecule has 1 atom stereocenters. The van der Waals surface area contributed by atoms with E-state index in [0.717, 1.165) is 29.9 Å². The summed E-state index contributed by atoms with van der Waals surface area (Å²) in [6, 6.07) is 10.9. The van der Waals surface area contributed by atoms with Crippen LogP contribution in [0.2, 0.25) is 0 Å². The van der Waals surface area contributed by atoms with E-state index in [1.807, 2.05) is 4.31 Å². The zero-order chi connectivity index (χ0) is 23.4. The smallest absolute Gasteiger partial charge is 0.296 e. The van der Waals surface area contributed by atoms with Gasteiger partial charge in [0.15, 0.2) is 0 Å². The molecule has 0 radical (unpaired) electrons. The summed E-state index contributed by atoms with van der Waals surface area (Å²) < 4.78 is 65.3. The van der Waals surface area contributed by atoms with Gasteiger partial charge in [-0.15, -0.1) is 0 Å². The molecule has 10 heteroatoms. The number of nitrogens with one attached hydrogen (secondary N) is 2. The Bertz CT molecular complexity index is 1120. The molecule has 2 saturated heterocycles. The zero-order valence-corrected chi connectivity index (χ0v) is 18.8. The molecular weight excluding hydrogens is 458 g/mol. The van der Waals surface area contributed by atoms with Crippen molar-refractivity contribution < 1.29 is 26.2 Å². The summed E-state index contributed by atoms with van der Waals surface area (Å²) in [4.78, 5) is 0.664. The van der Waals surface area contributed by atoms with Crippen molar-refractivity contribution >= 4 is 10.8 Å². The fourth-order valence-electron chi connectivity index (χ4n) is 3.94. The molecule has 5 rings (SSSR count). The van der Waals surface area contributed by atoms with Crippen molar-refractivity contribution in [2.24, 2.45) is 0 Å². The van der Waals surface area contributed by atoms with Gasteiger partial charge in [0.2, 0.25) is 0 Å². The average Bonchev–Trinajstić information content (AvgIpc) is 3.44. The molecule has 176 valence electrons. The van der Waals surface area contributed by atoms with Crippen molar-refractivity contribution in [2.75, 3.05) is 6.54 Å². The molecule has 0 aromatic heterocycles. The van der Waals surface area contributed by atoms with Crippen molar-refractivity contribution in [3.8, 4) is 0 Å². The highest BCUT2D eigenvalue weighted by atomic mass is 32.3. The summed E-state index contributed by atoms with van der Waals surface area (Å²) in [7, 11) is -2.34. The summed E-state index contributed by atoms with van der Waals surface area (Å²) in [5.74, 6) is -0.380. The van der Waals surface area contributed by atoms with Gasteiger partial charge in [0, 0.05) is 24.1 Å². The summed E-state index contributed by atoms with van der Waals surface area (Å²) in [5, 5.41) is 6.93. The van der Waals surface area contributed by atoms with E-state index in [1.54, 1.807) is 12.1 Å². The van der Waals surface area contributed by atoms with Gasteiger partial charge in [-0.05, 0) is 66.6 Å². The third-order valence-electron chi connectivity index (χ3n) is 5.80. The molecule has 3 aliphatic rings. The Morgan fingerprint density at radius 1 is 1.09 bits per heavy atom. The Labute approximate surface area is 190 Å². The van der Waals surface area contributed by atoms with Crippen LogP contribution in [0.25, 0.3) is 0 Å². The molecule has 0 amide bonds. The maximum atomic E-state index is 13.5. The summed E-state index contributed by atoms with van der Waals surface area (Å²) in [5.41, 5.74) is 5.20. The van der Waals surface area contributed by atoms with E-state index in [2.05, 4.69) is 30.2 Å².